The summed E-state index contributed by atoms with van der Waals surface area (Å²) in [5.74, 6) is -0.581. The summed E-state index contributed by atoms with van der Waals surface area (Å²) in [6.45, 7) is 2.64. The van der Waals surface area contributed by atoms with Crippen molar-refractivity contribution in [1.29, 1.82) is 0 Å². The molecule has 66 valence electrons. The standard InChI is InChI=1S/C6H13NO2S2/c1-2-3-7(11)5(4-10)6(8)9/h5,10-11H,2-4H2,1H3,(H,8,9)/t5-/m1/s1. The van der Waals surface area contributed by atoms with Crippen LogP contribution < -0.4 is 0 Å². The van der Waals surface area contributed by atoms with E-state index < -0.39 is 12.0 Å². The maximum Gasteiger partial charge on any atom is 0.322 e. The maximum absolute atomic E-state index is 10.5. The van der Waals surface area contributed by atoms with E-state index in [9.17, 15) is 4.79 Å². The van der Waals surface area contributed by atoms with Crippen LogP contribution in [-0.2, 0) is 4.79 Å². The molecule has 0 spiro atoms. The van der Waals surface area contributed by atoms with Crippen LogP contribution in [-0.4, -0.2) is 33.7 Å². The second-order valence-corrected chi connectivity index (χ2v) is 3.08. The third-order valence-corrected chi connectivity index (χ3v) is 2.10. The Hall–Kier alpha value is 0.130. The van der Waals surface area contributed by atoms with Crippen molar-refractivity contribution in [2.24, 2.45) is 0 Å². The number of carboxylic acids is 1. The van der Waals surface area contributed by atoms with Gasteiger partial charge in [-0.3, -0.25) is 4.79 Å². The van der Waals surface area contributed by atoms with Gasteiger partial charge in [-0.1, -0.05) is 19.7 Å². The molecule has 3 nitrogen and oxygen atoms in total. The van der Waals surface area contributed by atoms with E-state index in [-0.39, 0.29) is 0 Å². The molecule has 5 heteroatoms. The van der Waals surface area contributed by atoms with E-state index in [2.05, 4.69) is 25.4 Å². The molecule has 11 heavy (non-hydrogen) atoms. The Labute approximate surface area is 77.7 Å². The van der Waals surface area contributed by atoms with Crippen molar-refractivity contribution in [3.05, 3.63) is 0 Å². The number of aliphatic carboxylic acids is 1. The number of thiol groups is 2. The molecule has 0 saturated carbocycles. The van der Waals surface area contributed by atoms with Gasteiger partial charge in [-0.05, 0) is 6.42 Å². The Morgan fingerprint density at radius 3 is 2.55 bits per heavy atom. The highest BCUT2D eigenvalue weighted by atomic mass is 32.1. The van der Waals surface area contributed by atoms with Crippen molar-refractivity contribution >= 4 is 31.4 Å². The lowest BCUT2D eigenvalue weighted by molar-refractivity contribution is -0.140. The first-order valence-electron chi connectivity index (χ1n) is 3.42. The van der Waals surface area contributed by atoms with Crippen molar-refractivity contribution in [3.8, 4) is 0 Å². The lowest BCUT2D eigenvalue weighted by atomic mass is 10.3. The quantitative estimate of drug-likeness (QED) is 0.572. The van der Waals surface area contributed by atoms with Crippen LogP contribution in [0.1, 0.15) is 13.3 Å². The first-order valence-corrected chi connectivity index (χ1v) is 4.45. The van der Waals surface area contributed by atoms with Gasteiger partial charge in [0.15, 0.2) is 0 Å². The molecule has 1 N–H and O–H groups in total. The smallest absolute Gasteiger partial charge is 0.322 e. The van der Waals surface area contributed by atoms with E-state index in [1.54, 1.807) is 0 Å². The van der Waals surface area contributed by atoms with Gasteiger partial charge in [-0.25, -0.2) is 4.31 Å². The van der Waals surface area contributed by atoms with Gasteiger partial charge >= 0.3 is 5.97 Å². The van der Waals surface area contributed by atoms with Crippen LogP contribution in [0.5, 0.6) is 0 Å². The summed E-state index contributed by atoms with van der Waals surface area (Å²) in [6, 6.07) is -0.582. The molecule has 0 aliphatic rings. The van der Waals surface area contributed by atoms with Crippen molar-refractivity contribution in [2.75, 3.05) is 12.3 Å². The van der Waals surface area contributed by atoms with Gasteiger partial charge in [-0.15, -0.1) is 0 Å². The fourth-order valence-corrected chi connectivity index (χ4v) is 1.55. The molecular weight excluding hydrogens is 182 g/mol. The average Bonchev–Trinajstić information content (AvgIpc) is 1.88. The van der Waals surface area contributed by atoms with Gasteiger partial charge in [0.05, 0.1) is 0 Å². The van der Waals surface area contributed by atoms with Crippen LogP contribution >= 0.6 is 25.4 Å². The van der Waals surface area contributed by atoms with E-state index in [0.29, 0.717) is 12.3 Å². The fourth-order valence-electron chi connectivity index (χ4n) is 0.685. The molecule has 1 atom stereocenters. The highest BCUT2D eigenvalue weighted by Gasteiger charge is 2.20. The second-order valence-electron chi connectivity index (χ2n) is 2.20. The van der Waals surface area contributed by atoms with Crippen molar-refractivity contribution in [2.45, 2.75) is 19.4 Å². The molecule has 0 radical (unpaired) electrons. The van der Waals surface area contributed by atoms with E-state index in [1.807, 2.05) is 6.92 Å². The van der Waals surface area contributed by atoms with Gasteiger partial charge < -0.3 is 5.11 Å². The van der Waals surface area contributed by atoms with Gasteiger partial charge in [0.2, 0.25) is 0 Å². The van der Waals surface area contributed by atoms with Gasteiger partial charge in [0, 0.05) is 12.3 Å². The molecule has 0 heterocycles. The summed E-state index contributed by atoms with van der Waals surface area (Å²) in [6.07, 6.45) is 0.890. The zero-order valence-corrected chi connectivity index (χ0v) is 8.18. The van der Waals surface area contributed by atoms with Crippen molar-refractivity contribution in [1.82, 2.24) is 4.31 Å². The van der Waals surface area contributed by atoms with E-state index in [4.69, 9.17) is 5.11 Å². The number of rotatable bonds is 5. The highest BCUT2D eigenvalue weighted by Crippen LogP contribution is 2.05. The van der Waals surface area contributed by atoms with Crippen LogP contribution in [0.4, 0.5) is 0 Å². The molecule has 0 aromatic carbocycles. The summed E-state index contributed by atoms with van der Waals surface area (Å²) in [7, 11) is 0. The summed E-state index contributed by atoms with van der Waals surface area (Å²) < 4.78 is 1.50. The number of carbonyl (C=O) groups is 1. The average molecular weight is 195 g/mol. The first-order chi connectivity index (χ1) is 5.13. The zero-order valence-electron chi connectivity index (χ0n) is 6.40. The monoisotopic (exact) mass is 195 g/mol. The normalized spacial score (nSPS) is 13.5. The van der Waals surface area contributed by atoms with E-state index in [0.717, 1.165) is 6.42 Å². The molecule has 0 unspecified atom stereocenters. The summed E-state index contributed by atoms with van der Waals surface area (Å²) in [5, 5.41) is 8.63. The van der Waals surface area contributed by atoms with Gasteiger partial charge in [-0.2, -0.15) is 12.6 Å². The van der Waals surface area contributed by atoms with Crippen LogP contribution in [0.3, 0.4) is 0 Å². The summed E-state index contributed by atoms with van der Waals surface area (Å²) in [4.78, 5) is 10.5. The van der Waals surface area contributed by atoms with Crippen LogP contribution in [0, 0.1) is 0 Å². The van der Waals surface area contributed by atoms with Crippen LogP contribution in [0.2, 0.25) is 0 Å². The molecule has 0 saturated heterocycles. The summed E-state index contributed by atoms with van der Waals surface area (Å²) in [5.41, 5.74) is 0. The number of carboxylic acid groups (broad SMARTS) is 1. The van der Waals surface area contributed by atoms with E-state index >= 15 is 0 Å². The molecule has 0 amide bonds. The highest BCUT2D eigenvalue weighted by molar-refractivity contribution is 7.80. The topological polar surface area (TPSA) is 40.5 Å². The minimum atomic E-state index is -0.872. The summed E-state index contributed by atoms with van der Waals surface area (Å²) >= 11 is 7.94. The Morgan fingerprint density at radius 2 is 2.27 bits per heavy atom. The third-order valence-electron chi connectivity index (χ3n) is 1.27. The second kappa shape index (κ2) is 5.74. The number of nitrogens with zero attached hydrogens (tertiary/aromatic N) is 1. The predicted octanol–water partition coefficient (Wildman–Crippen LogP) is 0.926. The Balaban J connectivity index is 3.91. The van der Waals surface area contributed by atoms with Crippen molar-refractivity contribution in [3.63, 3.8) is 0 Å². The molecule has 0 bridgehead atoms. The lowest BCUT2D eigenvalue weighted by Gasteiger charge is -2.20. The number of hydrogen-bond acceptors (Lipinski definition) is 4. The van der Waals surface area contributed by atoms with Crippen LogP contribution in [0.15, 0.2) is 0 Å². The molecule has 0 aliphatic heterocycles. The molecule has 0 rings (SSSR count). The minimum absolute atomic E-state index is 0.291. The van der Waals surface area contributed by atoms with Crippen molar-refractivity contribution < 1.29 is 9.90 Å². The molecular formula is C6H13NO2S2. The van der Waals surface area contributed by atoms with Crippen LogP contribution in [0.25, 0.3) is 0 Å². The maximum atomic E-state index is 10.5. The molecule has 0 fully saturated rings. The predicted molar refractivity (Wildman–Crippen MR) is 51.3 cm³/mol. The minimum Gasteiger partial charge on any atom is -0.480 e. The van der Waals surface area contributed by atoms with E-state index in [1.165, 1.54) is 4.31 Å². The Bertz CT molecular complexity index is 132. The Kier molecular flexibility index (Phi) is 5.81. The van der Waals surface area contributed by atoms with Gasteiger partial charge in [0.1, 0.15) is 6.04 Å². The third kappa shape index (κ3) is 3.88. The van der Waals surface area contributed by atoms with Gasteiger partial charge in [0.25, 0.3) is 0 Å². The SMILES string of the molecule is CCCN(S)[C@H](CS)C(=O)O. The fraction of sp³-hybridized carbons (Fsp3) is 0.833. The molecule has 0 aliphatic carbocycles. The molecule has 0 aromatic rings. The zero-order chi connectivity index (χ0) is 8.85. The number of hydrogen-bond donors (Lipinski definition) is 3. The lowest BCUT2D eigenvalue weighted by Crippen LogP contribution is -2.36. The molecule has 0 aromatic heterocycles. The largest absolute Gasteiger partial charge is 0.480 e. The first kappa shape index (κ1) is 11.1. The Morgan fingerprint density at radius 1 is 1.73 bits per heavy atom.